The van der Waals surface area contributed by atoms with E-state index in [1.165, 1.54) is 5.57 Å². The van der Waals surface area contributed by atoms with Crippen LogP contribution in [0.25, 0.3) is 0 Å². The second-order valence-corrected chi connectivity index (χ2v) is 1.53. The fraction of sp³-hybridized carbons (Fsp3) is 0.400. The Bertz CT molecular complexity index is 92.3. The number of allylic oxidation sites excluding steroid dienone is 1. The van der Waals surface area contributed by atoms with Crippen molar-refractivity contribution in [2.75, 3.05) is 0 Å². The van der Waals surface area contributed by atoms with Gasteiger partial charge in [-0.15, -0.1) is 0 Å². The fourth-order valence-corrected chi connectivity index (χ4v) is 0.359. The molecule has 0 unspecified atom stereocenters. The van der Waals surface area contributed by atoms with E-state index in [4.69, 9.17) is 0 Å². The SMILES string of the molecule is B/C=C(C)\C=B/C. The second kappa shape index (κ2) is 3.91. The van der Waals surface area contributed by atoms with Gasteiger partial charge in [0, 0.05) is 0 Å². The molecular weight excluding hydrogens is 81.7 g/mol. The topological polar surface area (TPSA) is 0 Å². The molecule has 0 N–H and O–H groups in total. The summed E-state index contributed by atoms with van der Waals surface area (Å²) in [5.74, 6) is 4.17. The summed E-state index contributed by atoms with van der Waals surface area (Å²) >= 11 is 0. The van der Waals surface area contributed by atoms with Gasteiger partial charge >= 0.3 is 46.0 Å². The molecule has 0 saturated carbocycles. The van der Waals surface area contributed by atoms with Crippen LogP contribution in [0.4, 0.5) is 0 Å². The van der Waals surface area contributed by atoms with Gasteiger partial charge in [-0.3, -0.25) is 0 Å². The van der Waals surface area contributed by atoms with Gasteiger partial charge in [-0.25, -0.2) is 0 Å². The van der Waals surface area contributed by atoms with Crippen molar-refractivity contribution >= 4 is 20.7 Å². The first-order chi connectivity index (χ1) is 3.31. The van der Waals surface area contributed by atoms with E-state index in [2.05, 4.69) is 18.9 Å². The van der Waals surface area contributed by atoms with Gasteiger partial charge < -0.3 is 0 Å². The summed E-state index contributed by atoms with van der Waals surface area (Å²) in [5, 5.41) is 0. The molecule has 0 atom stereocenters. The summed E-state index contributed by atoms with van der Waals surface area (Å²) in [6.07, 6.45) is 0. The summed E-state index contributed by atoms with van der Waals surface area (Å²) in [4.78, 5) is 0. The van der Waals surface area contributed by atoms with Crippen molar-refractivity contribution < 1.29 is 0 Å². The van der Waals surface area contributed by atoms with Crippen molar-refractivity contribution in [2.24, 2.45) is 0 Å². The van der Waals surface area contributed by atoms with Crippen molar-refractivity contribution in [2.45, 2.75) is 13.7 Å². The molecule has 7 heavy (non-hydrogen) atoms. The summed E-state index contributed by atoms with van der Waals surface area (Å²) in [6.45, 7) is 6.14. The third-order valence-electron chi connectivity index (χ3n) is 0.885. The Morgan fingerprint density at radius 3 is 2.43 bits per heavy atom. The Balaban J connectivity index is 3.58. The van der Waals surface area contributed by atoms with Gasteiger partial charge in [-0.2, -0.15) is 0 Å². The van der Waals surface area contributed by atoms with Crippen LogP contribution < -0.4 is 0 Å². The second-order valence-electron chi connectivity index (χ2n) is 1.53. The maximum atomic E-state index is 2.08. The van der Waals surface area contributed by atoms with Crippen LogP contribution in [0.2, 0.25) is 6.82 Å². The van der Waals surface area contributed by atoms with Crippen LogP contribution >= 0.6 is 0 Å². The molecule has 0 saturated heterocycles. The molecule has 0 fully saturated rings. The molecule has 0 aromatic carbocycles. The molecule has 0 bridgehead atoms. The Labute approximate surface area is 46.9 Å². The first kappa shape index (κ1) is 6.74. The molecule has 0 aliphatic rings. The van der Waals surface area contributed by atoms with E-state index in [1.807, 2.05) is 21.6 Å². The molecule has 0 aliphatic carbocycles. The molecule has 0 aliphatic heterocycles. The third-order valence-corrected chi connectivity index (χ3v) is 0.885. The predicted octanol–water partition coefficient (Wildman–Crippen LogP) is 0.0778. The van der Waals surface area contributed by atoms with Crippen molar-refractivity contribution in [1.29, 1.82) is 0 Å². The van der Waals surface area contributed by atoms with E-state index in [9.17, 15) is 0 Å². The summed E-state index contributed by atoms with van der Waals surface area (Å²) < 4.78 is 0. The fourth-order valence-electron chi connectivity index (χ4n) is 0.359. The molecule has 2 heteroatoms. The number of rotatable bonds is 1. The zero-order valence-electron chi connectivity index (χ0n) is 5.23. The van der Waals surface area contributed by atoms with Crippen LogP contribution in [-0.2, 0) is 0 Å². The van der Waals surface area contributed by atoms with Crippen LogP contribution in [0.1, 0.15) is 6.92 Å². The zero-order valence-corrected chi connectivity index (χ0v) is 5.23. The summed E-state index contributed by atoms with van der Waals surface area (Å²) in [7, 11) is 2.04. The molecule has 0 amide bonds. The average molecular weight is 91.8 g/mol. The molecule has 0 spiro atoms. The van der Waals surface area contributed by atoms with E-state index in [-0.39, 0.29) is 0 Å². The van der Waals surface area contributed by atoms with Gasteiger partial charge in [0.2, 0.25) is 0 Å². The van der Waals surface area contributed by atoms with Gasteiger partial charge in [0.15, 0.2) is 0 Å². The first-order valence-corrected chi connectivity index (χ1v) is 2.57. The molecular formula is C5H10B2. The number of hydrogen-bond acceptors (Lipinski definition) is 0. The zero-order chi connectivity index (χ0) is 5.70. The maximum absolute atomic E-state index is 2.08. The van der Waals surface area contributed by atoms with Crippen LogP contribution in [-0.4, -0.2) is 20.7 Å². The molecule has 0 nitrogen and oxygen atoms in total. The Morgan fingerprint density at radius 1 is 1.71 bits per heavy atom. The van der Waals surface area contributed by atoms with E-state index in [1.54, 1.807) is 0 Å². The predicted molar refractivity (Wildman–Crippen MR) is 40.0 cm³/mol. The number of hydrogen-bond donors (Lipinski definition) is 0. The average Bonchev–Trinajstić information content (AvgIpc) is 1.68. The quantitative estimate of drug-likeness (QED) is 0.401. The standard InChI is InChI=1S/C5H10B2/c1-5(3-6)4-7-2/h3-4H,6H2,1-2H3/b5-3-. The van der Waals surface area contributed by atoms with Gasteiger partial charge in [0.05, 0.1) is 0 Å². The molecule has 0 radical (unpaired) electrons. The monoisotopic (exact) mass is 92.1 g/mol. The van der Waals surface area contributed by atoms with E-state index < -0.39 is 0 Å². The Hall–Kier alpha value is -0.260. The molecule has 0 rings (SSSR count). The molecule has 0 aromatic rings. The summed E-state index contributed by atoms with van der Waals surface area (Å²) in [6, 6.07) is 0. The van der Waals surface area contributed by atoms with Crippen molar-refractivity contribution in [3.8, 4) is 0 Å². The Morgan fingerprint density at radius 2 is 2.29 bits per heavy atom. The minimum absolute atomic E-state index is 1.32. The van der Waals surface area contributed by atoms with E-state index in [0.29, 0.717) is 0 Å². The first-order valence-electron chi connectivity index (χ1n) is 2.57. The minimum atomic E-state index is 1.32. The van der Waals surface area contributed by atoms with Gasteiger partial charge in [0.1, 0.15) is 0 Å². The van der Waals surface area contributed by atoms with Crippen LogP contribution in [0, 0.1) is 0 Å². The Kier molecular flexibility index (Phi) is 3.77. The van der Waals surface area contributed by atoms with E-state index in [0.717, 1.165) is 0 Å². The van der Waals surface area contributed by atoms with Crippen molar-refractivity contribution in [3.63, 3.8) is 0 Å². The van der Waals surface area contributed by atoms with Gasteiger partial charge in [0.25, 0.3) is 0 Å². The van der Waals surface area contributed by atoms with Crippen LogP contribution in [0.15, 0.2) is 11.5 Å². The normalized spacial score (nSPS) is 12.0. The van der Waals surface area contributed by atoms with Crippen molar-refractivity contribution in [1.82, 2.24) is 0 Å². The molecule has 36 valence electrons. The molecule has 0 aromatic heterocycles. The van der Waals surface area contributed by atoms with Crippen LogP contribution in [0.5, 0.6) is 0 Å². The molecule has 0 heterocycles. The van der Waals surface area contributed by atoms with Gasteiger partial charge in [-0.1, -0.05) is 0 Å². The third kappa shape index (κ3) is 3.57. The van der Waals surface area contributed by atoms with E-state index >= 15 is 0 Å². The van der Waals surface area contributed by atoms with Crippen molar-refractivity contribution in [3.05, 3.63) is 11.5 Å². The van der Waals surface area contributed by atoms with Crippen LogP contribution in [0.3, 0.4) is 0 Å². The summed E-state index contributed by atoms with van der Waals surface area (Å²) in [5.41, 5.74) is 1.32. The van der Waals surface area contributed by atoms with Gasteiger partial charge in [-0.05, 0) is 0 Å².